The summed E-state index contributed by atoms with van der Waals surface area (Å²) in [5.41, 5.74) is 2.25. The average Bonchev–Trinajstić information content (AvgIpc) is 2.52. The topological polar surface area (TPSA) is 15.3 Å². The Morgan fingerprint density at radius 3 is 2.76 bits per heavy atom. The van der Waals surface area contributed by atoms with E-state index in [0.717, 1.165) is 31.7 Å². The quantitative estimate of drug-likeness (QED) is 0.931. The van der Waals surface area contributed by atoms with Gasteiger partial charge in [-0.15, -0.1) is 0 Å². The molecule has 1 aliphatic rings. The van der Waals surface area contributed by atoms with Gasteiger partial charge in [0.15, 0.2) is 0 Å². The van der Waals surface area contributed by atoms with E-state index in [1.165, 1.54) is 11.6 Å². The predicted molar refractivity (Wildman–Crippen MR) is 83.9 cm³/mol. The van der Waals surface area contributed by atoms with Crippen molar-refractivity contribution in [2.24, 2.45) is 0 Å². The molecule has 0 saturated carbocycles. The third-order valence-corrected chi connectivity index (χ3v) is 4.21. The maximum absolute atomic E-state index is 13.6. The molecular weight excluding hydrogens is 287 g/mol. The summed E-state index contributed by atoms with van der Waals surface area (Å²) in [6.07, 6.45) is 0. The fourth-order valence-electron chi connectivity index (χ4n) is 2.81. The van der Waals surface area contributed by atoms with E-state index in [1.807, 2.05) is 12.1 Å². The van der Waals surface area contributed by atoms with Gasteiger partial charge >= 0.3 is 0 Å². The molecule has 2 aromatic carbocycles. The first-order valence-electron chi connectivity index (χ1n) is 7.17. The van der Waals surface area contributed by atoms with Gasteiger partial charge in [0.1, 0.15) is 5.82 Å². The van der Waals surface area contributed by atoms with Crippen LogP contribution in [0.3, 0.4) is 0 Å². The Balaban J connectivity index is 1.79. The van der Waals surface area contributed by atoms with Crippen LogP contribution in [0.15, 0.2) is 48.5 Å². The molecule has 1 saturated heterocycles. The minimum absolute atomic E-state index is 0.179. The SMILES string of the molecule is Fc1cc(CN2CCNCC2c2ccccc2)ccc1Cl. The van der Waals surface area contributed by atoms with E-state index >= 15 is 0 Å². The van der Waals surface area contributed by atoms with Gasteiger partial charge in [-0.25, -0.2) is 4.39 Å². The van der Waals surface area contributed by atoms with Crippen LogP contribution in [0.25, 0.3) is 0 Å². The summed E-state index contributed by atoms with van der Waals surface area (Å²) in [4.78, 5) is 2.38. The lowest BCUT2D eigenvalue weighted by Gasteiger charge is -2.36. The van der Waals surface area contributed by atoms with E-state index in [1.54, 1.807) is 6.07 Å². The number of piperazine rings is 1. The van der Waals surface area contributed by atoms with Crippen LogP contribution in [0.4, 0.5) is 4.39 Å². The first kappa shape index (κ1) is 14.5. The van der Waals surface area contributed by atoms with E-state index in [9.17, 15) is 4.39 Å². The molecule has 3 rings (SSSR count). The van der Waals surface area contributed by atoms with Crippen LogP contribution in [0, 0.1) is 5.82 Å². The summed E-state index contributed by atoms with van der Waals surface area (Å²) in [6, 6.07) is 15.8. The van der Waals surface area contributed by atoms with Crippen LogP contribution in [0.2, 0.25) is 5.02 Å². The molecule has 4 heteroatoms. The van der Waals surface area contributed by atoms with E-state index in [4.69, 9.17) is 11.6 Å². The molecule has 2 aromatic rings. The van der Waals surface area contributed by atoms with Gasteiger partial charge < -0.3 is 5.32 Å². The molecule has 0 bridgehead atoms. The molecule has 0 amide bonds. The third-order valence-electron chi connectivity index (χ3n) is 3.91. The van der Waals surface area contributed by atoms with Gasteiger partial charge in [-0.05, 0) is 23.3 Å². The van der Waals surface area contributed by atoms with Gasteiger partial charge in [-0.2, -0.15) is 0 Å². The van der Waals surface area contributed by atoms with Crippen molar-refractivity contribution in [2.45, 2.75) is 12.6 Å². The van der Waals surface area contributed by atoms with Gasteiger partial charge in [-0.3, -0.25) is 4.90 Å². The van der Waals surface area contributed by atoms with E-state index in [0.29, 0.717) is 6.04 Å². The number of nitrogens with zero attached hydrogens (tertiary/aromatic N) is 1. The predicted octanol–water partition coefficient (Wildman–Crippen LogP) is 3.63. The lowest BCUT2D eigenvalue weighted by atomic mass is 10.0. The van der Waals surface area contributed by atoms with Crippen molar-refractivity contribution in [2.75, 3.05) is 19.6 Å². The first-order valence-corrected chi connectivity index (χ1v) is 7.55. The zero-order chi connectivity index (χ0) is 14.7. The van der Waals surface area contributed by atoms with Crippen LogP contribution >= 0.6 is 11.6 Å². The molecular formula is C17H18ClFN2. The second-order valence-electron chi connectivity index (χ2n) is 5.35. The summed E-state index contributed by atoms with van der Waals surface area (Å²) in [5.74, 6) is -0.347. The van der Waals surface area contributed by atoms with Crippen LogP contribution in [0.5, 0.6) is 0 Å². The highest BCUT2D eigenvalue weighted by Gasteiger charge is 2.23. The fourth-order valence-corrected chi connectivity index (χ4v) is 2.93. The van der Waals surface area contributed by atoms with Crippen molar-refractivity contribution in [3.05, 3.63) is 70.5 Å². The molecule has 1 N–H and O–H groups in total. The zero-order valence-corrected chi connectivity index (χ0v) is 12.5. The number of nitrogens with one attached hydrogen (secondary N) is 1. The smallest absolute Gasteiger partial charge is 0.142 e. The van der Waals surface area contributed by atoms with Crippen LogP contribution in [-0.4, -0.2) is 24.5 Å². The number of halogens is 2. The molecule has 1 heterocycles. The Hall–Kier alpha value is -1.42. The maximum atomic E-state index is 13.6. The van der Waals surface area contributed by atoms with Crippen molar-refractivity contribution < 1.29 is 4.39 Å². The van der Waals surface area contributed by atoms with Crippen molar-refractivity contribution in [3.63, 3.8) is 0 Å². The molecule has 1 unspecified atom stereocenters. The Labute approximate surface area is 129 Å². The van der Waals surface area contributed by atoms with E-state index in [2.05, 4.69) is 34.5 Å². The van der Waals surface area contributed by atoms with Crippen LogP contribution in [-0.2, 0) is 6.54 Å². The van der Waals surface area contributed by atoms with Gasteiger partial charge in [0.05, 0.1) is 5.02 Å². The molecule has 0 spiro atoms. The highest BCUT2D eigenvalue weighted by molar-refractivity contribution is 6.30. The van der Waals surface area contributed by atoms with Crippen molar-refractivity contribution >= 4 is 11.6 Å². The number of rotatable bonds is 3. The highest BCUT2D eigenvalue weighted by Crippen LogP contribution is 2.25. The van der Waals surface area contributed by atoms with Gasteiger partial charge in [0.25, 0.3) is 0 Å². The molecule has 0 aliphatic carbocycles. The molecule has 1 atom stereocenters. The Morgan fingerprint density at radius 1 is 1.19 bits per heavy atom. The monoisotopic (exact) mass is 304 g/mol. The maximum Gasteiger partial charge on any atom is 0.142 e. The normalized spacial score (nSPS) is 19.6. The van der Waals surface area contributed by atoms with Crippen LogP contribution in [0.1, 0.15) is 17.2 Å². The minimum atomic E-state index is -0.347. The third kappa shape index (κ3) is 3.43. The van der Waals surface area contributed by atoms with Crippen molar-refractivity contribution in [1.29, 1.82) is 0 Å². The summed E-state index contributed by atoms with van der Waals surface area (Å²) in [7, 11) is 0. The molecule has 21 heavy (non-hydrogen) atoms. The zero-order valence-electron chi connectivity index (χ0n) is 11.7. The van der Waals surface area contributed by atoms with Crippen LogP contribution < -0.4 is 5.32 Å². The largest absolute Gasteiger partial charge is 0.314 e. The summed E-state index contributed by atoms with van der Waals surface area (Å²) in [6.45, 7) is 3.55. The number of benzene rings is 2. The lowest BCUT2D eigenvalue weighted by molar-refractivity contribution is 0.153. The number of hydrogen-bond donors (Lipinski definition) is 1. The highest BCUT2D eigenvalue weighted by atomic mass is 35.5. The van der Waals surface area contributed by atoms with Gasteiger partial charge in [-0.1, -0.05) is 48.0 Å². The molecule has 1 fully saturated rings. The molecule has 0 aromatic heterocycles. The van der Waals surface area contributed by atoms with Gasteiger partial charge in [0.2, 0.25) is 0 Å². The summed E-state index contributed by atoms with van der Waals surface area (Å²) in [5, 5.41) is 3.61. The second-order valence-corrected chi connectivity index (χ2v) is 5.76. The second kappa shape index (κ2) is 6.56. The Morgan fingerprint density at radius 2 is 2.00 bits per heavy atom. The first-order chi connectivity index (χ1) is 10.2. The van der Waals surface area contributed by atoms with E-state index in [-0.39, 0.29) is 10.8 Å². The Kier molecular flexibility index (Phi) is 4.54. The molecule has 2 nitrogen and oxygen atoms in total. The number of hydrogen-bond acceptors (Lipinski definition) is 2. The Bertz CT molecular complexity index is 603. The molecule has 110 valence electrons. The standard InChI is InChI=1S/C17H18ClFN2/c18-15-7-6-13(10-16(15)19)12-21-9-8-20-11-17(21)14-4-2-1-3-5-14/h1-7,10,17,20H,8-9,11-12H2. The lowest BCUT2D eigenvalue weighted by Crippen LogP contribution is -2.45. The fraction of sp³-hybridized carbons (Fsp3) is 0.294. The molecule has 0 radical (unpaired) electrons. The minimum Gasteiger partial charge on any atom is -0.314 e. The summed E-state index contributed by atoms with van der Waals surface area (Å²) < 4.78 is 13.6. The van der Waals surface area contributed by atoms with Crippen molar-refractivity contribution in [1.82, 2.24) is 10.2 Å². The van der Waals surface area contributed by atoms with Crippen molar-refractivity contribution in [3.8, 4) is 0 Å². The average molecular weight is 305 g/mol. The van der Waals surface area contributed by atoms with E-state index < -0.39 is 0 Å². The summed E-state index contributed by atoms with van der Waals surface area (Å²) >= 11 is 5.75. The molecule has 1 aliphatic heterocycles. The van der Waals surface area contributed by atoms with Gasteiger partial charge in [0, 0.05) is 32.2 Å².